The molecule has 1 saturated carbocycles. The Labute approximate surface area is 126 Å². The molecule has 1 spiro atoms. The molecule has 1 saturated heterocycles. The van der Waals surface area contributed by atoms with Gasteiger partial charge < -0.3 is 10.2 Å². The second kappa shape index (κ2) is 5.30. The normalized spacial score (nSPS) is 21.8. The van der Waals surface area contributed by atoms with Crippen LogP contribution in [0.15, 0.2) is 36.5 Å². The zero-order chi connectivity index (χ0) is 14.1. The maximum Gasteiger partial charge on any atom is 0.0703 e. The van der Waals surface area contributed by atoms with Crippen LogP contribution in [0.3, 0.4) is 0 Å². The van der Waals surface area contributed by atoms with Crippen LogP contribution in [0.1, 0.15) is 32.1 Å². The minimum Gasteiger partial charge on any atom is -0.370 e. The Balaban J connectivity index is 1.66. The Morgan fingerprint density at radius 1 is 1.10 bits per heavy atom. The Bertz CT molecular complexity index is 631. The van der Waals surface area contributed by atoms with Gasteiger partial charge >= 0.3 is 0 Å². The first-order chi connectivity index (χ1) is 10.3. The van der Waals surface area contributed by atoms with Crippen LogP contribution < -0.4 is 10.2 Å². The highest BCUT2D eigenvalue weighted by molar-refractivity contribution is 5.82. The number of aromatic nitrogens is 1. The minimum atomic E-state index is 0.362. The van der Waals surface area contributed by atoms with Gasteiger partial charge in [-0.15, -0.1) is 0 Å². The van der Waals surface area contributed by atoms with Crippen molar-refractivity contribution < 1.29 is 0 Å². The van der Waals surface area contributed by atoms with Crippen molar-refractivity contribution in [2.24, 2.45) is 0 Å². The molecule has 1 aliphatic heterocycles. The van der Waals surface area contributed by atoms with Gasteiger partial charge in [0.2, 0.25) is 0 Å². The highest BCUT2D eigenvalue weighted by Crippen LogP contribution is 2.33. The van der Waals surface area contributed by atoms with E-state index in [9.17, 15) is 0 Å². The average Bonchev–Trinajstić information content (AvgIpc) is 2.87. The van der Waals surface area contributed by atoms with E-state index in [1.54, 1.807) is 0 Å². The third kappa shape index (κ3) is 2.51. The van der Waals surface area contributed by atoms with Crippen LogP contribution in [0, 0.1) is 0 Å². The molecule has 1 aromatic heterocycles. The first-order valence-electron chi connectivity index (χ1n) is 8.20. The summed E-state index contributed by atoms with van der Waals surface area (Å²) >= 11 is 0. The van der Waals surface area contributed by atoms with Crippen LogP contribution in [0.25, 0.3) is 10.9 Å². The largest absolute Gasteiger partial charge is 0.370 e. The van der Waals surface area contributed by atoms with E-state index in [1.807, 2.05) is 12.3 Å². The topological polar surface area (TPSA) is 28.2 Å². The minimum absolute atomic E-state index is 0.362. The highest BCUT2D eigenvalue weighted by Gasteiger charge is 2.36. The maximum atomic E-state index is 4.43. The van der Waals surface area contributed by atoms with Gasteiger partial charge in [0.05, 0.1) is 5.52 Å². The van der Waals surface area contributed by atoms with Gasteiger partial charge in [0.25, 0.3) is 0 Å². The number of pyridine rings is 1. The van der Waals surface area contributed by atoms with E-state index in [2.05, 4.69) is 39.5 Å². The van der Waals surface area contributed by atoms with E-state index in [4.69, 9.17) is 0 Å². The van der Waals surface area contributed by atoms with Gasteiger partial charge in [0, 0.05) is 35.9 Å². The standard InChI is InChI=1S/C18H23N3/c1-2-9-18(8-1)14-21(12-4-11-20-18)16-6-7-17-15(13-16)5-3-10-19-17/h3,5-7,10,13,20H,1-2,4,8-9,11-12,14H2. The lowest BCUT2D eigenvalue weighted by Crippen LogP contribution is -2.49. The Kier molecular flexibility index (Phi) is 3.30. The molecule has 0 radical (unpaired) electrons. The number of benzene rings is 1. The first kappa shape index (κ1) is 13.1. The number of nitrogens with one attached hydrogen (secondary N) is 1. The molecule has 2 heterocycles. The van der Waals surface area contributed by atoms with E-state index in [0.717, 1.165) is 25.2 Å². The summed E-state index contributed by atoms with van der Waals surface area (Å²) in [6.45, 7) is 3.46. The molecule has 0 bridgehead atoms. The van der Waals surface area contributed by atoms with E-state index in [-0.39, 0.29) is 0 Å². The van der Waals surface area contributed by atoms with Gasteiger partial charge in [-0.05, 0) is 50.1 Å². The van der Waals surface area contributed by atoms with Crippen LogP contribution >= 0.6 is 0 Å². The van der Waals surface area contributed by atoms with Crippen LogP contribution in [0.4, 0.5) is 5.69 Å². The van der Waals surface area contributed by atoms with Crippen molar-refractivity contribution in [3.8, 4) is 0 Å². The van der Waals surface area contributed by atoms with Crippen molar-refractivity contribution in [2.45, 2.75) is 37.6 Å². The van der Waals surface area contributed by atoms with Crippen molar-refractivity contribution in [3.63, 3.8) is 0 Å². The predicted octanol–water partition coefficient (Wildman–Crippen LogP) is 3.35. The van der Waals surface area contributed by atoms with Gasteiger partial charge in [-0.25, -0.2) is 0 Å². The molecule has 4 rings (SSSR count). The molecule has 1 aromatic carbocycles. The summed E-state index contributed by atoms with van der Waals surface area (Å²) in [6.07, 6.45) is 8.51. The molecule has 2 aliphatic rings. The SMILES string of the molecule is c1cnc2ccc(N3CCCNC4(CCCC4)C3)cc2c1. The Morgan fingerprint density at radius 2 is 2.00 bits per heavy atom. The molecule has 21 heavy (non-hydrogen) atoms. The van der Waals surface area contributed by atoms with Gasteiger partial charge in [-0.2, -0.15) is 0 Å². The van der Waals surface area contributed by atoms with Gasteiger partial charge in [-0.1, -0.05) is 18.9 Å². The molecular weight excluding hydrogens is 258 g/mol. The van der Waals surface area contributed by atoms with Crippen LogP contribution in [-0.2, 0) is 0 Å². The maximum absolute atomic E-state index is 4.43. The monoisotopic (exact) mass is 281 g/mol. The van der Waals surface area contributed by atoms with Crippen molar-refractivity contribution in [2.75, 3.05) is 24.5 Å². The summed E-state index contributed by atoms with van der Waals surface area (Å²) in [5.41, 5.74) is 2.80. The summed E-state index contributed by atoms with van der Waals surface area (Å²) in [5, 5.41) is 5.08. The number of nitrogens with zero attached hydrogens (tertiary/aromatic N) is 2. The number of fused-ring (bicyclic) bond motifs is 1. The summed E-state index contributed by atoms with van der Waals surface area (Å²) in [7, 11) is 0. The fourth-order valence-electron chi connectivity index (χ4n) is 3.99. The molecule has 1 N–H and O–H groups in total. The average molecular weight is 281 g/mol. The molecule has 3 nitrogen and oxygen atoms in total. The fraction of sp³-hybridized carbons (Fsp3) is 0.500. The molecular formula is C18H23N3. The van der Waals surface area contributed by atoms with Crippen molar-refractivity contribution in [1.82, 2.24) is 10.3 Å². The molecule has 0 unspecified atom stereocenters. The summed E-state index contributed by atoms with van der Waals surface area (Å²) in [4.78, 5) is 7.01. The zero-order valence-corrected chi connectivity index (χ0v) is 12.5. The van der Waals surface area contributed by atoms with Gasteiger partial charge in [-0.3, -0.25) is 4.98 Å². The third-order valence-corrected chi connectivity index (χ3v) is 5.11. The molecule has 3 heteroatoms. The zero-order valence-electron chi connectivity index (χ0n) is 12.5. The second-order valence-corrected chi connectivity index (χ2v) is 6.57. The van der Waals surface area contributed by atoms with E-state index in [0.29, 0.717) is 5.54 Å². The quantitative estimate of drug-likeness (QED) is 0.869. The lowest BCUT2D eigenvalue weighted by Gasteiger charge is -2.34. The first-order valence-corrected chi connectivity index (χ1v) is 8.20. The molecule has 110 valence electrons. The second-order valence-electron chi connectivity index (χ2n) is 6.57. The molecule has 0 atom stereocenters. The van der Waals surface area contributed by atoms with E-state index < -0.39 is 0 Å². The van der Waals surface area contributed by atoms with Crippen LogP contribution in [0.5, 0.6) is 0 Å². The smallest absolute Gasteiger partial charge is 0.0703 e. The Morgan fingerprint density at radius 3 is 2.90 bits per heavy atom. The summed E-state index contributed by atoms with van der Waals surface area (Å²) in [6, 6.07) is 10.9. The lowest BCUT2D eigenvalue weighted by molar-refractivity contribution is 0.354. The van der Waals surface area contributed by atoms with Crippen molar-refractivity contribution in [1.29, 1.82) is 0 Å². The molecule has 2 aromatic rings. The summed E-state index contributed by atoms with van der Waals surface area (Å²) in [5.74, 6) is 0. The third-order valence-electron chi connectivity index (χ3n) is 5.11. The summed E-state index contributed by atoms with van der Waals surface area (Å²) < 4.78 is 0. The van der Waals surface area contributed by atoms with Crippen molar-refractivity contribution >= 4 is 16.6 Å². The predicted molar refractivity (Wildman–Crippen MR) is 87.8 cm³/mol. The number of hydrogen-bond donors (Lipinski definition) is 1. The van der Waals surface area contributed by atoms with E-state index >= 15 is 0 Å². The molecule has 0 amide bonds. The molecule has 2 fully saturated rings. The fourth-order valence-corrected chi connectivity index (χ4v) is 3.99. The number of rotatable bonds is 1. The highest BCUT2D eigenvalue weighted by atomic mass is 15.2. The number of hydrogen-bond acceptors (Lipinski definition) is 3. The number of anilines is 1. The van der Waals surface area contributed by atoms with E-state index in [1.165, 1.54) is 43.2 Å². The van der Waals surface area contributed by atoms with Gasteiger partial charge in [0.15, 0.2) is 0 Å². The molecule has 1 aliphatic carbocycles. The van der Waals surface area contributed by atoms with Crippen molar-refractivity contribution in [3.05, 3.63) is 36.5 Å². The van der Waals surface area contributed by atoms with Crippen LogP contribution in [0.2, 0.25) is 0 Å². The lowest BCUT2D eigenvalue weighted by atomic mass is 9.97. The van der Waals surface area contributed by atoms with Crippen LogP contribution in [-0.4, -0.2) is 30.2 Å². The van der Waals surface area contributed by atoms with Gasteiger partial charge in [0.1, 0.15) is 0 Å². The Hall–Kier alpha value is -1.61.